The van der Waals surface area contributed by atoms with Crippen LogP contribution in [0.4, 0.5) is 0 Å². The van der Waals surface area contributed by atoms with Crippen LogP contribution in [0.1, 0.15) is 11.1 Å². The van der Waals surface area contributed by atoms with E-state index in [9.17, 15) is 0 Å². The number of hydrogen-bond acceptors (Lipinski definition) is 3. The summed E-state index contributed by atoms with van der Waals surface area (Å²) in [6.45, 7) is 0.959. The van der Waals surface area contributed by atoms with E-state index >= 15 is 0 Å². The van der Waals surface area contributed by atoms with Crippen LogP contribution in [0.5, 0.6) is 17.2 Å². The van der Waals surface area contributed by atoms with E-state index in [1.54, 1.807) is 13.2 Å². The number of hydrogen-bond donors (Lipinski definition) is 0. The second kappa shape index (κ2) is 8.06. The van der Waals surface area contributed by atoms with E-state index in [1.165, 1.54) is 0 Å². The van der Waals surface area contributed by atoms with Crippen LogP contribution in [0.25, 0.3) is 0 Å². The summed E-state index contributed by atoms with van der Waals surface area (Å²) in [5, 5.41) is 0. The average Bonchev–Trinajstić information content (AvgIpc) is 2.66. The average molecular weight is 319 g/mol. The molecule has 0 spiro atoms. The fraction of sp³-hybridized carbons (Fsp3) is 0.143. The summed E-state index contributed by atoms with van der Waals surface area (Å²) in [7, 11) is 1.61. The zero-order valence-corrected chi connectivity index (χ0v) is 13.6. The Balaban J connectivity index is 1.68. The zero-order valence-electron chi connectivity index (χ0n) is 13.6. The number of methoxy groups -OCH3 is 1. The van der Waals surface area contributed by atoms with Gasteiger partial charge in [0.25, 0.3) is 0 Å². The van der Waals surface area contributed by atoms with Gasteiger partial charge in [0.15, 0.2) is 11.5 Å². The highest BCUT2D eigenvalue weighted by molar-refractivity contribution is 5.45. The molecule has 0 amide bonds. The maximum atomic E-state index is 5.88. The SMILES string of the molecule is COc1c[c]c(OCc2ccccc2)cc1OCc1ccccc1. The minimum Gasteiger partial charge on any atom is -0.493 e. The van der Waals surface area contributed by atoms with E-state index < -0.39 is 0 Å². The normalized spacial score (nSPS) is 10.2. The first-order chi connectivity index (χ1) is 11.8. The fourth-order valence-electron chi connectivity index (χ4n) is 2.27. The smallest absolute Gasteiger partial charge is 0.165 e. The van der Waals surface area contributed by atoms with E-state index in [0.717, 1.165) is 11.1 Å². The molecule has 0 atom stereocenters. The van der Waals surface area contributed by atoms with Crippen molar-refractivity contribution < 1.29 is 14.2 Å². The summed E-state index contributed by atoms with van der Waals surface area (Å²) in [5.74, 6) is 1.91. The van der Waals surface area contributed by atoms with E-state index in [0.29, 0.717) is 30.5 Å². The third kappa shape index (κ3) is 4.29. The summed E-state index contributed by atoms with van der Waals surface area (Å²) >= 11 is 0. The summed E-state index contributed by atoms with van der Waals surface area (Å²) in [6, 6.07) is 26.6. The Morgan fingerprint density at radius 2 is 1.33 bits per heavy atom. The standard InChI is InChI=1S/C21H19O3/c1-22-20-13-12-19(23-15-17-8-4-2-5-9-17)14-21(20)24-16-18-10-6-3-7-11-18/h2-11,13-14H,15-16H2,1H3. The second-order valence-electron chi connectivity index (χ2n) is 5.28. The molecule has 121 valence electrons. The Morgan fingerprint density at radius 1 is 0.750 bits per heavy atom. The fourth-order valence-corrected chi connectivity index (χ4v) is 2.27. The lowest BCUT2D eigenvalue weighted by atomic mass is 10.2. The molecule has 3 rings (SSSR count). The molecular weight excluding hydrogens is 300 g/mol. The van der Waals surface area contributed by atoms with Crippen LogP contribution in [0.2, 0.25) is 0 Å². The lowest BCUT2D eigenvalue weighted by molar-refractivity contribution is 0.274. The highest BCUT2D eigenvalue weighted by atomic mass is 16.5. The van der Waals surface area contributed by atoms with Crippen molar-refractivity contribution in [1.82, 2.24) is 0 Å². The van der Waals surface area contributed by atoms with Gasteiger partial charge in [-0.1, -0.05) is 60.7 Å². The summed E-state index contributed by atoms with van der Waals surface area (Å²) in [5.41, 5.74) is 2.20. The largest absolute Gasteiger partial charge is 0.493 e. The van der Waals surface area contributed by atoms with Crippen molar-refractivity contribution in [2.45, 2.75) is 13.2 Å². The van der Waals surface area contributed by atoms with Gasteiger partial charge in [0.05, 0.1) is 7.11 Å². The van der Waals surface area contributed by atoms with Crippen molar-refractivity contribution in [3.8, 4) is 17.2 Å². The van der Waals surface area contributed by atoms with Crippen molar-refractivity contribution in [2.75, 3.05) is 7.11 Å². The van der Waals surface area contributed by atoms with Gasteiger partial charge in [-0.3, -0.25) is 0 Å². The number of rotatable bonds is 7. The Morgan fingerprint density at radius 3 is 1.92 bits per heavy atom. The Bertz CT molecular complexity index is 755. The lowest BCUT2D eigenvalue weighted by Crippen LogP contribution is -1.99. The first-order valence-electron chi connectivity index (χ1n) is 7.78. The van der Waals surface area contributed by atoms with Crippen molar-refractivity contribution in [1.29, 1.82) is 0 Å². The van der Waals surface area contributed by atoms with Gasteiger partial charge < -0.3 is 14.2 Å². The Labute approximate surface area is 142 Å². The van der Waals surface area contributed by atoms with E-state index in [4.69, 9.17) is 14.2 Å². The Kier molecular flexibility index (Phi) is 5.36. The van der Waals surface area contributed by atoms with Crippen LogP contribution in [-0.2, 0) is 13.2 Å². The van der Waals surface area contributed by atoms with Crippen LogP contribution in [0.15, 0.2) is 72.8 Å². The third-order valence-corrected chi connectivity index (χ3v) is 3.54. The summed E-state index contributed by atoms with van der Waals surface area (Å²) in [4.78, 5) is 0. The van der Waals surface area contributed by atoms with Gasteiger partial charge in [-0.15, -0.1) is 0 Å². The van der Waals surface area contributed by atoms with Gasteiger partial charge in [0.2, 0.25) is 0 Å². The maximum absolute atomic E-state index is 5.88. The molecule has 0 saturated carbocycles. The van der Waals surface area contributed by atoms with Crippen LogP contribution in [0.3, 0.4) is 0 Å². The summed E-state index contributed by atoms with van der Waals surface area (Å²) in [6.07, 6.45) is 0. The van der Waals surface area contributed by atoms with Crippen LogP contribution in [0, 0.1) is 6.07 Å². The topological polar surface area (TPSA) is 27.7 Å². The predicted octanol–water partition coefficient (Wildman–Crippen LogP) is 4.65. The quantitative estimate of drug-likeness (QED) is 0.634. The highest BCUT2D eigenvalue weighted by Crippen LogP contribution is 2.31. The molecule has 0 aliphatic rings. The molecule has 0 N–H and O–H groups in total. The van der Waals surface area contributed by atoms with E-state index in [2.05, 4.69) is 6.07 Å². The maximum Gasteiger partial charge on any atom is 0.165 e. The molecule has 24 heavy (non-hydrogen) atoms. The van der Waals surface area contributed by atoms with Gasteiger partial charge in [-0.05, 0) is 17.2 Å². The van der Waals surface area contributed by atoms with Gasteiger partial charge >= 0.3 is 0 Å². The molecule has 3 heteroatoms. The van der Waals surface area contributed by atoms with Gasteiger partial charge in [0.1, 0.15) is 19.0 Å². The minimum atomic E-state index is 0.472. The molecule has 0 aromatic heterocycles. The molecule has 0 fully saturated rings. The highest BCUT2D eigenvalue weighted by Gasteiger charge is 2.08. The monoisotopic (exact) mass is 319 g/mol. The van der Waals surface area contributed by atoms with Gasteiger partial charge in [-0.2, -0.15) is 0 Å². The predicted molar refractivity (Wildman–Crippen MR) is 93.4 cm³/mol. The molecule has 3 aromatic rings. The second-order valence-corrected chi connectivity index (χ2v) is 5.28. The van der Waals surface area contributed by atoms with Crippen molar-refractivity contribution in [3.05, 3.63) is 90.0 Å². The van der Waals surface area contributed by atoms with Crippen LogP contribution in [-0.4, -0.2) is 7.11 Å². The first kappa shape index (κ1) is 15.9. The number of ether oxygens (including phenoxy) is 3. The molecule has 3 aromatic carbocycles. The minimum absolute atomic E-state index is 0.472. The first-order valence-corrected chi connectivity index (χ1v) is 7.78. The Hall–Kier alpha value is -2.94. The van der Waals surface area contributed by atoms with Gasteiger partial charge in [-0.25, -0.2) is 0 Å². The molecule has 0 saturated heterocycles. The molecule has 1 radical (unpaired) electrons. The summed E-state index contributed by atoms with van der Waals surface area (Å²) < 4.78 is 17.0. The zero-order chi connectivity index (χ0) is 16.6. The van der Waals surface area contributed by atoms with Crippen molar-refractivity contribution in [2.24, 2.45) is 0 Å². The van der Waals surface area contributed by atoms with E-state index in [1.807, 2.05) is 66.7 Å². The molecule has 3 nitrogen and oxygen atoms in total. The molecular formula is C21H19O3. The van der Waals surface area contributed by atoms with Crippen molar-refractivity contribution >= 4 is 0 Å². The van der Waals surface area contributed by atoms with E-state index in [-0.39, 0.29) is 0 Å². The van der Waals surface area contributed by atoms with Crippen molar-refractivity contribution in [3.63, 3.8) is 0 Å². The van der Waals surface area contributed by atoms with Crippen LogP contribution < -0.4 is 14.2 Å². The molecule has 0 bridgehead atoms. The molecule has 0 aliphatic heterocycles. The van der Waals surface area contributed by atoms with Crippen LogP contribution >= 0.6 is 0 Å². The molecule has 0 aliphatic carbocycles. The van der Waals surface area contributed by atoms with Gasteiger partial charge in [0, 0.05) is 12.1 Å². The molecule has 0 unspecified atom stereocenters. The number of benzene rings is 3. The molecule has 0 heterocycles. The third-order valence-electron chi connectivity index (χ3n) is 3.54. The lowest BCUT2D eigenvalue weighted by Gasteiger charge is -2.13.